The van der Waals surface area contributed by atoms with Gasteiger partial charge in [0, 0.05) is 12.4 Å². The lowest BCUT2D eigenvalue weighted by molar-refractivity contribution is 0.395. The summed E-state index contributed by atoms with van der Waals surface area (Å²) >= 11 is 0. The first kappa shape index (κ1) is 9.25. The number of hydrogen-bond acceptors (Lipinski definition) is 4. The van der Waals surface area contributed by atoms with Crippen molar-refractivity contribution < 1.29 is 5.11 Å². The van der Waals surface area contributed by atoms with Gasteiger partial charge in [-0.1, -0.05) is 0 Å². The van der Waals surface area contributed by atoms with Crippen molar-refractivity contribution >= 4 is 11.9 Å². The topological polar surface area (TPSA) is 48.7 Å². The van der Waals surface area contributed by atoms with E-state index in [0.29, 0.717) is 5.69 Å². The van der Waals surface area contributed by atoms with Gasteiger partial charge in [0.05, 0.1) is 11.9 Å². The van der Waals surface area contributed by atoms with Crippen molar-refractivity contribution in [2.45, 2.75) is 6.92 Å². The van der Waals surface area contributed by atoms with Gasteiger partial charge in [0.25, 0.3) is 0 Å². The summed E-state index contributed by atoms with van der Waals surface area (Å²) in [6, 6.07) is 3.54. The Kier molecular flexibility index (Phi) is 3.03. The van der Waals surface area contributed by atoms with E-state index < -0.39 is 0 Å². The Morgan fingerprint density at radius 2 is 2.54 bits per heavy atom. The average Bonchev–Trinajstić information content (AvgIpc) is 2.15. The summed E-state index contributed by atoms with van der Waals surface area (Å²) < 4.78 is 0. The number of nitrogens with zero attached hydrogens (tertiary/aromatic N) is 3. The van der Waals surface area contributed by atoms with Crippen LogP contribution in [0.5, 0.6) is 0 Å². The van der Waals surface area contributed by atoms with Crippen LogP contribution in [-0.4, -0.2) is 16.3 Å². The molecule has 0 spiro atoms. The number of aliphatic hydroxyl groups excluding tert-OH is 1. The molecule has 13 heavy (non-hydrogen) atoms. The van der Waals surface area contributed by atoms with Gasteiger partial charge in [-0.2, -0.15) is 5.10 Å². The standard InChI is InChI=1S/C9H11N3O/c1-3-11-12(8(2)13)9-5-4-6-10-7-9/h3-7,13H,2H2,1H3/b11-3+. The first-order valence-electron chi connectivity index (χ1n) is 3.82. The van der Waals surface area contributed by atoms with Crippen LogP contribution in [0.2, 0.25) is 0 Å². The molecular weight excluding hydrogens is 166 g/mol. The number of aromatic nitrogens is 1. The lowest BCUT2D eigenvalue weighted by Gasteiger charge is -2.15. The van der Waals surface area contributed by atoms with Crippen molar-refractivity contribution in [3.05, 3.63) is 37.0 Å². The van der Waals surface area contributed by atoms with E-state index in [9.17, 15) is 5.11 Å². The molecule has 1 rings (SSSR count). The van der Waals surface area contributed by atoms with Crippen LogP contribution < -0.4 is 5.01 Å². The molecule has 0 atom stereocenters. The molecule has 0 amide bonds. The molecular formula is C9H11N3O. The van der Waals surface area contributed by atoms with E-state index in [2.05, 4.69) is 16.7 Å². The SMILES string of the molecule is C=C(O)N(/N=C/C)c1cccnc1. The number of rotatable bonds is 3. The zero-order chi connectivity index (χ0) is 9.68. The van der Waals surface area contributed by atoms with Gasteiger partial charge in [0.2, 0.25) is 5.88 Å². The van der Waals surface area contributed by atoms with Gasteiger partial charge >= 0.3 is 0 Å². The molecule has 0 radical (unpaired) electrons. The van der Waals surface area contributed by atoms with Gasteiger partial charge in [0.15, 0.2) is 0 Å². The second-order valence-corrected chi connectivity index (χ2v) is 2.31. The van der Waals surface area contributed by atoms with Crippen molar-refractivity contribution in [3.63, 3.8) is 0 Å². The van der Waals surface area contributed by atoms with E-state index in [4.69, 9.17) is 0 Å². The Morgan fingerprint density at radius 3 is 3.00 bits per heavy atom. The molecule has 68 valence electrons. The monoisotopic (exact) mass is 177 g/mol. The maximum Gasteiger partial charge on any atom is 0.205 e. The minimum absolute atomic E-state index is 0.133. The number of hydrazone groups is 1. The normalized spacial score (nSPS) is 10.2. The third-order valence-corrected chi connectivity index (χ3v) is 1.37. The van der Waals surface area contributed by atoms with Gasteiger partial charge in [-0.3, -0.25) is 4.98 Å². The van der Waals surface area contributed by atoms with Crippen LogP contribution in [0.1, 0.15) is 6.92 Å². The van der Waals surface area contributed by atoms with Gasteiger partial charge in [-0.05, 0) is 25.6 Å². The third kappa shape index (κ3) is 2.30. The van der Waals surface area contributed by atoms with Gasteiger partial charge in [-0.25, -0.2) is 5.01 Å². The van der Waals surface area contributed by atoms with Crippen LogP contribution in [0.15, 0.2) is 42.1 Å². The Morgan fingerprint density at radius 1 is 1.77 bits per heavy atom. The lowest BCUT2D eigenvalue weighted by atomic mass is 10.4. The molecule has 0 aromatic carbocycles. The third-order valence-electron chi connectivity index (χ3n) is 1.37. The van der Waals surface area contributed by atoms with E-state index in [1.807, 2.05) is 0 Å². The van der Waals surface area contributed by atoms with Gasteiger partial charge < -0.3 is 5.11 Å². The molecule has 0 aliphatic rings. The highest BCUT2D eigenvalue weighted by molar-refractivity contribution is 5.58. The summed E-state index contributed by atoms with van der Waals surface area (Å²) in [6.45, 7) is 5.15. The van der Waals surface area contributed by atoms with E-state index in [1.54, 1.807) is 37.7 Å². The highest BCUT2D eigenvalue weighted by Crippen LogP contribution is 2.14. The van der Waals surface area contributed by atoms with Crippen LogP contribution in [0, 0.1) is 0 Å². The summed E-state index contributed by atoms with van der Waals surface area (Å²) in [7, 11) is 0. The maximum atomic E-state index is 9.19. The highest BCUT2D eigenvalue weighted by Gasteiger charge is 2.05. The largest absolute Gasteiger partial charge is 0.494 e. The second-order valence-electron chi connectivity index (χ2n) is 2.31. The fourth-order valence-electron chi connectivity index (χ4n) is 0.877. The van der Waals surface area contributed by atoms with Crippen LogP contribution in [0.4, 0.5) is 5.69 Å². The molecule has 4 heteroatoms. The smallest absolute Gasteiger partial charge is 0.205 e. The van der Waals surface area contributed by atoms with Gasteiger partial charge in [-0.15, -0.1) is 0 Å². The van der Waals surface area contributed by atoms with Crippen molar-refractivity contribution in [2.24, 2.45) is 5.10 Å². The van der Waals surface area contributed by atoms with Crippen LogP contribution in [0.25, 0.3) is 0 Å². The zero-order valence-corrected chi connectivity index (χ0v) is 7.38. The highest BCUT2D eigenvalue weighted by atomic mass is 16.3. The molecule has 0 saturated heterocycles. The molecule has 1 heterocycles. The summed E-state index contributed by atoms with van der Waals surface area (Å²) in [5, 5.41) is 14.4. The molecule has 0 aliphatic heterocycles. The lowest BCUT2D eigenvalue weighted by Crippen LogP contribution is -2.14. The molecule has 0 fully saturated rings. The molecule has 4 nitrogen and oxygen atoms in total. The zero-order valence-electron chi connectivity index (χ0n) is 7.38. The molecule has 0 aliphatic carbocycles. The molecule has 0 bridgehead atoms. The molecule has 1 aromatic heterocycles. The van der Waals surface area contributed by atoms with Crippen LogP contribution in [0.3, 0.4) is 0 Å². The first-order chi connectivity index (χ1) is 6.25. The Hall–Kier alpha value is -1.84. The van der Waals surface area contributed by atoms with Crippen molar-refractivity contribution in [3.8, 4) is 0 Å². The summed E-state index contributed by atoms with van der Waals surface area (Å²) in [5.74, 6) is -0.133. The molecule has 0 saturated carbocycles. The van der Waals surface area contributed by atoms with E-state index in [0.717, 1.165) is 0 Å². The predicted octanol–water partition coefficient (Wildman–Crippen LogP) is 1.92. The average molecular weight is 177 g/mol. The Labute approximate surface area is 76.8 Å². The fraction of sp³-hybridized carbons (Fsp3) is 0.111. The summed E-state index contributed by atoms with van der Waals surface area (Å²) in [6.07, 6.45) is 4.81. The fourth-order valence-corrected chi connectivity index (χ4v) is 0.877. The molecule has 0 unspecified atom stereocenters. The van der Waals surface area contributed by atoms with E-state index in [-0.39, 0.29) is 5.88 Å². The summed E-state index contributed by atoms with van der Waals surface area (Å²) in [4.78, 5) is 3.90. The number of anilines is 1. The predicted molar refractivity (Wildman–Crippen MR) is 52.7 cm³/mol. The van der Waals surface area contributed by atoms with Crippen molar-refractivity contribution in [2.75, 3.05) is 5.01 Å². The van der Waals surface area contributed by atoms with E-state index in [1.165, 1.54) is 5.01 Å². The Balaban J connectivity index is 2.96. The quantitative estimate of drug-likeness (QED) is 0.436. The Bertz CT molecular complexity index is 308. The summed E-state index contributed by atoms with van der Waals surface area (Å²) in [5.41, 5.74) is 0.674. The first-order valence-corrected chi connectivity index (χ1v) is 3.82. The number of aliphatic hydroxyl groups is 1. The number of pyridine rings is 1. The van der Waals surface area contributed by atoms with Gasteiger partial charge in [0.1, 0.15) is 0 Å². The van der Waals surface area contributed by atoms with Crippen LogP contribution >= 0.6 is 0 Å². The maximum absolute atomic E-state index is 9.19. The van der Waals surface area contributed by atoms with Crippen molar-refractivity contribution in [1.29, 1.82) is 0 Å². The molecule has 1 N–H and O–H groups in total. The van der Waals surface area contributed by atoms with E-state index >= 15 is 0 Å². The second kappa shape index (κ2) is 4.25. The van der Waals surface area contributed by atoms with Crippen LogP contribution in [-0.2, 0) is 0 Å². The van der Waals surface area contributed by atoms with Crippen molar-refractivity contribution in [1.82, 2.24) is 4.98 Å². The minimum atomic E-state index is -0.133. The molecule has 1 aromatic rings. The number of hydrogen-bond donors (Lipinski definition) is 1. The minimum Gasteiger partial charge on any atom is -0.494 e.